The molecule has 0 atom stereocenters. The number of rotatable bonds is 6. The van der Waals surface area contributed by atoms with Gasteiger partial charge in [-0.25, -0.2) is 0 Å². The maximum absolute atomic E-state index is 12.6. The van der Waals surface area contributed by atoms with Gasteiger partial charge in [0.25, 0.3) is 5.69 Å². The Kier molecular flexibility index (Phi) is 6.39. The molecule has 0 radical (unpaired) electrons. The second-order valence-corrected chi connectivity index (χ2v) is 8.23. The van der Waals surface area contributed by atoms with Gasteiger partial charge in [0.15, 0.2) is 11.5 Å². The number of nitro groups is 1. The summed E-state index contributed by atoms with van der Waals surface area (Å²) in [7, 11) is 0. The highest BCUT2D eigenvalue weighted by molar-refractivity contribution is 8.00. The molecule has 2 aromatic rings. The molecular formula is C21H23N3O5S. The van der Waals surface area contributed by atoms with Gasteiger partial charge < -0.3 is 14.4 Å². The Bertz CT molecular complexity index is 931. The molecule has 8 nitrogen and oxygen atoms in total. The van der Waals surface area contributed by atoms with Crippen molar-refractivity contribution in [2.75, 3.05) is 45.1 Å². The van der Waals surface area contributed by atoms with Crippen LogP contribution in [0.25, 0.3) is 0 Å². The zero-order chi connectivity index (χ0) is 20.9. The molecule has 0 unspecified atom stereocenters. The number of piperazine rings is 1. The third kappa shape index (κ3) is 5.03. The molecule has 0 saturated carbocycles. The van der Waals surface area contributed by atoms with Crippen molar-refractivity contribution in [3.63, 3.8) is 0 Å². The van der Waals surface area contributed by atoms with Gasteiger partial charge in [-0.2, -0.15) is 0 Å². The Hall–Kier alpha value is -2.78. The number of nitro benzene ring substituents is 1. The Morgan fingerprint density at radius 2 is 1.80 bits per heavy atom. The number of nitrogens with zero attached hydrogens (tertiary/aromatic N) is 3. The van der Waals surface area contributed by atoms with Crippen LogP contribution in [0.4, 0.5) is 5.69 Å². The molecule has 0 aromatic heterocycles. The van der Waals surface area contributed by atoms with Crippen molar-refractivity contribution in [1.29, 1.82) is 0 Å². The summed E-state index contributed by atoms with van der Waals surface area (Å²) >= 11 is 1.50. The summed E-state index contributed by atoms with van der Waals surface area (Å²) in [6, 6.07) is 12.5. The summed E-state index contributed by atoms with van der Waals surface area (Å²) in [6.45, 7) is 4.58. The zero-order valence-electron chi connectivity index (χ0n) is 16.5. The van der Waals surface area contributed by atoms with Crippen LogP contribution in [0, 0.1) is 10.1 Å². The fourth-order valence-corrected chi connectivity index (χ4v) is 4.36. The number of ether oxygens (including phenoxy) is 2. The number of amides is 1. The summed E-state index contributed by atoms with van der Waals surface area (Å²) in [4.78, 5) is 28.2. The lowest BCUT2D eigenvalue weighted by molar-refractivity contribution is -0.384. The van der Waals surface area contributed by atoms with E-state index in [4.69, 9.17) is 9.47 Å². The maximum Gasteiger partial charge on any atom is 0.269 e. The van der Waals surface area contributed by atoms with Crippen molar-refractivity contribution in [3.05, 3.63) is 58.1 Å². The number of hydrogen-bond donors (Lipinski definition) is 0. The van der Waals surface area contributed by atoms with Gasteiger partial charge in [0.2, 0.25) is 5.91 Å². The normalized spacial score (nSPS) is 16.3. The summed E-state index contributed by atoms with van der Waals surface area (Å²) in [6.07, 6.45) is 0. The number of fused-ring (bicyclic) bond motifs is 1. The highest BCUT2D eigenvalue weighted by Gasteiger charge is 2.22. The van der Waals surface area contributed by atoms with Crippen molar-refractivity contribution >= 4 is 23.4 Å². The summed E-state index contributed by atoms with van der Waals surface area (Å²) < 4.78 is 11.1. The first-order chi connectivity index (χ1) is 14.6. The van der Waals surface area contributed by atoms with Crippen LogP contribution in [0.2, 0.25) is 0 Å². The molecule has 9 heteroatoms. The van der Waals surface area contributed by atoms with Crippen molar-refractivity contribution < 1.29 is 19.2 Å². The monoisotopic (exact) mass is 429 g/mol. The van der Waals surface area contributed by atoms with Crippen LogP contribution in [0.15, 0.2) is 47.4 Å². The second kappa shape index (κ2) is 9.36. The van der Waals surface area contributed by atoms with Crippen LogP contribution in [0.3, 0.4) is 0 Å². The Balaban J connectivity index is 1.24. The standard InChI is InChI=1S/C21H23N3O5S/c25-21(15-30-18-4-5-19-20(13-18)29-11-10-28-19)23-8-6-22(7-9-23)14-16-2-1-3-17(12-16)24(26)27/h1-5,12-13H,6-11,14-15H2. The molecule has 2 aliphatic heterocycles. The first kappa shape index (κ1) is 20.5. The minimum atomic E-state index is -0.376. The van der Waals surface area contributed by atoms with Crippen LogP contribution >= 0.6 is 11.8 Å². The van der Waals surface area contributed by atoms with E-state index in [-0.39, 0.29) is 16.5 Å². The van der Waals surface area contributed by atoms with Gasteiger partial charge in [0.05, 0.1) is 10.7 Å². The van der Waals surface area contributed by atoms with E-state index in [1.54, 1.807) is 12.1 Å². The van der Waals surface area contributed by atoms with Crippen LogP contribution in [-0.2, 0) is 11.3 Å². The molecule has 0 N–H and O–H groups in total. The highest BCUT2D eigenvalue weighted by Crippen LogP contribution is 2.34. The SMILES string of the molecule is O=C(CSc1ccc2c(c1)OCCO2)N1CCN(Cc2cccc([N+](=O)[O-])c2)CC1. The largest absolute Gasteiger partial charge is 0.486 e. The zero-order valence-corrected chi connectivity index (χ0v) is 17.3. The smallest absolute Gasteiger partial charge is 0.269 e. The van der Waals surface area contributed by atoms with Gasteiger partial charge in [-0.15, -0.1) is 11.8 Å². The molecule has 0 bridgehead atoms. The third-order valence-corrected chi connectivity index (χ3v) is 6.11. The molecule has 2 aromatic carbocycles. The Morgan fingerprint density at radius 1 is 1.03 bits per heavy atom. The van der Waals surface area contributed by atoms with Gasteiger partial charge in [0, 0.05) is 49.8 Å². The van der Waals surface area contributed by atoms with E-state index < -0.39 is 0 Å². The fraction of sp³-hybridized carbons (Fsp3) is 0.381. The molecule has 1 saturated heterocycles. The van der Waals surface area contributed by atoms with Gasteiger partial charge in [-0.1, -0.05) is 12.1 Å². The molecule has 0 spiro atoms. The molecule has 2 aliphatic rings. The Labute approximate surface area is 178 Å². The maximum atomic E-state index is 12.6. The van der Waals surface area contributed by atoms with Gasteiger partial charge >= 0.3 is 0 Å². The lowest BCUT2D eigenvalue weighted by Gasteiger charge is -2.34. The number of carbonyl (C=O) groups is 1. The van der Waals surface area contributed by atoms with Crippen LogP contribution in [0.5, 0.6) is 11.5 Å². The van der Waals surface area contributed by atoms with E-state index >= 15 is 0 Å². The van der Waals surface area contributed by atoms with E-state index in [1.807, 2.05) is 29.2 Å². The molecular weight excluding hydrogens is 406 g/mol. The van der Waals surface area contributed by atoms with Crippen LogP contribution < -0.4 is 9.47 Å². The van der Waals surface area contributed by atoms with Crippen molar-refractivity contribution in [1.82, 2.24) is 9.80 Å². The molecule has 1 fully saturated rings. The molecule has 2 heterocycles. The van der Waals surface area contributed by atoms with Crippen LogP contribution in [-0.4, -0.2) is 65.8 Å². The van der Waals surface area contributed by atoms with E-state index in [2.05, 4.69) is 4.90 Å². The summed E-state index contributed by atoms with van der Waals surface area (Å²) in [5.74, 6) is 1.97. The summed E-state index contributed by atoms with van der Waals surface area (Å²) in [5, 5.41) is 10.9. The van der Waals surface area contributed by atoms with Crippen molar-refractivity contribution in [2.24, 2.45) is 0 Å². The molecule has 158 valence electrons. The first-order valence-electron chi connectivity index (χ1n) is 9.84. The minimum Gasteiger partial charge on any atom is -0.486 e. The molecule has 0 aliphatic carbocycles. The van der Waals surface area contributed by atoms with Crippen LogP contribution in [0.1, 0.15) is 5.56 Å². The molecule has 1 amide bonds. The molecule has 30 heavy (non-hydrogen) atoms. The van der Waals surface area contributed by atoms with Gasteiger partial charge in [-0.05, 0) is 23.8 Å². The first-order valence-corrected chi connectivity index (χ1v) is 10.8. The van der Waals surface area contributed by atoms with E-state index in [0.29, 0.717) is 38.6 Å². The predicted molar refractivity (Wildman–Crippen MR) is 113 cm³/mol. The number of benzene rings is 2. The van der Waals surface area contributed by atoms with Crippen molar-refractivity contribution in [3.8, 4) is 11.5 Å². The number of hydrogen-bond acceptors (Lipinski definition) is 7. The summed E-state index contributed by atoms with van der Waals surface area (Å²) in [5.41, 5.74) is 1.02. The van der Waals surface area contributed by atoms with E-state index in [9.17, 15) is 14.9 Å². The lowest BCUT2D eigenvalue weighted by Crippen LogP contribution is -2.48. The number of non-ortho nitro benzene ring substituents is 1. The Morgan fingerprint density at radius 3 is 2.57 bits per heavy atom. The van der Waals surface area contributed by atoms with Crippen molar-refractivity contribution in [2.45, 2.75) is 11.4 Å². The second-order valence-electron chi connectivity index (χ2n) is 7.18. The highest BCUT2D eigenvalue weighted by atomic mass is 32.2. The van der Waals surface area contributed by atoms with E-state index in [1.165, 1.54) is 17.8 Å². The average molecular weight is 429 g/mol. The third-order valence-electron chi connectivity index (χ3n) is 5.13. The molecule has 4 rings (SSSR count). The number of carbonyl (C=O) groups excluding carboxylic acids is 1. The average Bonchev–Trinajstić information content (AvgIpc) is 2.78. The van der Waals surface area contributed by atoms with Gasteiger partial charge in [0.1, 0.15) is 13.2 Å². The number of thioether (sulfide) groups is 1. The topological polar surface area (TPSA) is 85.2 Å². The van der Waals surface area contributed by atoms with E-state index in [0.717, 1.165) is 35.0 Å². The predicted octanol–water partition coefficient (Wildman–Crippen LogP) is 2.80. The minimum absolute atomic E-state index is 0.109. The quantitative estimate of drug-likeness (QED) is 0.397. The fourth-order valence-electron chi connectivity index (χ4n) is 3.53. The van der Waals surface area contributed by atoms with Gasteiger partial charge in [-0.3, -0.25) is 19.8 Å². The lowest BCUT2D eigenvalue weighted by atomic mass is 10.1.